The summed E-state index contributed by atoms with van der Waals surface area (Å²) >= 11 is 0. The number of carboxylic acid groups (broad SMARTS) is 1. The van der Waals surface area contributed by atoms with Gasteiger partial charge in [-0.05, 0) is 0 Å². The highest BCUT2D eigenvalue weighted by Crippen LogP contribution is 2.39. The molecule has 0 amide bonds. The van der Waals surface area contributed by atoms with Crippen LogP contribution in [0.15, 0.2) is 0 Å². The summed E-state index contributed by atoms with van der Waals surface area (Å²) in [7, 11) is 0. The molecule has 0 aliphatic carbocycles. The second-order valence-corrected chi connectivity index (χ2v) is 4.10. The fourth-order valence-electron chi connectivity index (χ4n) is 1.50. The third-order valence-electron chi connectivity index (χ3n) is 2.51. The number of nitrogens with two attached hydrogens (primary N) is 1. The van der Waals surface area contributed by atoms with Crippen molar-refractivity contribution in [1.82, 2.24) is 0 Å². The lowest BCUT2D eigenvalue weighted by Gasteiger charge is -2.51. The maximum atomic E-state index is 10.7. The van der Waals surface area contributed by atoms with E-state index < -0.39 is 18.0 Å². The fourth-order valence-corrected chi connectivity index (χ4v) is 1.50. The molecule has 3 saturated heterocycles. The van der Waals surface area contributed by atoms with Crippen LogP contribution in [-0.2, 0) is 19.0 Å². The van der Waals surface area contributed by atoms with Gasteiger partial charge in [0.2, 0.25) is 0 Å². The monoisotopic (exact) mass is 203 g/mol. The summed E-state index contributed by atoms with van der Waals surface area (Å²) in [5, 5.41) is 8.75. The first-order chi connectivity index (χ1) is 6.48. The first-order valence-corrected chi connectivity index (χ1v) is 4.38. The molecular formula is C8H13NO5. The Balaban J connectivity index is 2.16. The fraction of sp³-hybridized carbons (Fsp3) is 0.875. The molecule has 1 atom stereocenters. The molecule has 3 heterocycles. The summed E-state index contributed by atoms with van der Waals surface area (Å²) in [6.45, 7) is 3.18. The highest BCUT2D eigenvalue weighted by atomic mass is 16.9. The molecule has 3 fully saturated rings. The zero-order valence-electron chi connectivity index (χ0n) is 7.86. The minimum atomic E-state index is -1.58. The van der Waals surface area contributed by atoms with Crippen LogP contribution >= 0.6 is 0 Å². The van der Waals surface area contributed by atoms with Gasteiger partial charge in [-0.15, -0.1) is 0 Å². The molecule has 0 aromatic heterocycles. The van der Waals surface area contributed by atoms with E-state index in [9.17, 15) is 4.79 Å². The Morgan fingerprint density at radius 3 is 2.14 bits per heavy atom. The number of hydrogen-bond donors (Lipinski definition) is 2. The van der Waals surface area contributed by atoms with E-state index in [1.54, 1.807) is 0 Å². The van der Waals surface area contributed by atoms with Crippen molar-refractivity contribution in [2.24, 2.45) is 11.1 Å². The summed E-state index contributed by atoms with van der Waals surface area (Å²) < 4.78 is 15.7. The Kier molecular flexibility index (Phi) is 2.04. The quantitative estimate of drug-likeness (QED) is 0.606. The first kappa shape index (κ1) is 9.85. The standard InChI is InChI=1S/C8H13NO5/c1-7-2-12-8(13-3-7,14-4-7)5(9)6(10)11/h5H,2-4,9H2,1H3,(H,10,11). The molecule has 0 aromatic rings. The van der Waals surface area contributed by atoms with Crippen molar-refractivity contribution in [1.29, 1.82) is 0 Å². The van der Waals surface area contributed by atoms with Crippen LogP contribution in [0.4, 0.5) is 0 Å². The van der Waals surface area contributed by atoms with Crippen LogP contribution in [0.1, 0.15) is 6.92 Å². The van der Waals surface area contributed by atoms with Gasteiger partial charge in [-0.2, -0.15) is 0 Å². The highest BCUT2D eigenvalue weighted by Gasteiger charge is 2.56. The minimum absolute atomic E-state index is 0.181. The molecule has 2 bridgehead atoms. The minimum Gasteiger partial charge on any atom is -0.480 e. The van der Waals surface area contributed by atoms with Crippen LogP contribution in [0.25, 0.3) is 0 Å². The Labute approximate surface area is 80.9 Å². The zero-order valence-corrected chi connectivity index (χ0v) is 7.86. The second kappa shape index (κ2) is 2.90. The number of fused-ring (bicyclic) bond motifs is 3. The van der Waals surface area contributed by atoms with Crippen molar-refractivity contribution in [3.8, 4) is 0 Å². The molecular weight excluding hydrogens is 190 g/mol. The molecule has 1 unspecified atom stereocenters. The molecule has 14 heavy (non-hydrogen) atoms. The maximum Gasteiger partial charge on any atom is 0.328 e. The molecule has 6 heteroatoms. The van der Waals surface area contributed by atoms with Crippen LogP contribution in [0.3, 0.4) is 0 Å². The Bertz CT molecular complexity index is 242. The third kappa shape index (κ3) is 1.31. The molecule has 3 N–H and O–H groups in total. The van der Waals surface area contributed by atoms with Crippen molar-refractivity contribution in [2.75, 3.05) is 19.8 Å². The van der Waals surface area contributed by atoms with E-state index in [1.807, 2.05) is 6.92 Å². The predicted octanol–water partition coefficient (Wildman–Crippen LogP) is -0.865. The van der Waals surface area contributed by atoms with Gasteiger partial charge in [0.15, 0.2) is 6.04 Å². The average Bonchev–Trinajstić information content (AvgIpc) is 2.18. The lowest BCUT2D eigenvalue weighted by atomic mass is 9.91. The lowest BCUT2D eigenvalue weighted by Crippen LogP contribution is -2.67. The van der Waals surface area contributed by atoms with Crippen molar-refractivity contribution in [2.45, 2.75) is 18.9 Å². The van der Waals surface area contributed by atoms with Gasteiger partial charge in [0, 0.05) is 5.41 Å². The molecule has 0 spiro atoms. The van der Waals surface area contributed by atoms with Crippen LogP contribution in [0.5, 0.6) is 0 Å². The van der Waals surface area contributed by atoms with Crippen LogP contribution in [0, 0.1) is 5.41 Å². The van der Waals surface area contributed by atoms with Gasteiger partial charge in [-0.25, -0.2) is 0 Å². The molecule has 80 valence electrons. The van der Waals surface area contributed by atoms with E-state index in [4.69, 9.17) is 25.1 Å². The number of carbonyl (C=O) groups is 1. The summed E-state index contributed by atoms with van der Waals surface area (Å²) in [4.78, 5) is 10.7. The summed E-state index contributed by atoms with van der Waals surface area (Å²) in [5.74, 6) is -2.78. The third-order valence-corrected chi connectivity index (χ3v) is 2.51. The van der Waals surface area contributed by atoms with E-state index in [2.05, 4.69) is 0 Å². The van der Waals surface area contributed by atoms with Crippen molar-refractivity contribution in [3.63, 3.8) is 0 Å². The number of ether oxygens (including phenoxy) is 3. The predicted molar refractivity (Wildman–Crippen MR) is 44.3 cm³/mol. The van der Waals surface area contributed by atoms with Gasteiger partial charge in [-0.3, -0.25) is 4.79 Å². The van der Waals surface area contributed by atoms with Crippen molar-refractivity contribution >= 4 is 5.97 Å². The van der Waals surface area contributed by atoms with E-state index >= 15 is 0 Å². The summed E-state index contributed by atoms with van der Waals surface area (Å²) in [6.07, 6.45) is 0. The lowest BCUT2D eigenvalue weighted by molar-refractivity contribution is -0.468. The van der Waals surface area contributed by atoms with Gasteiger partial charge >= 0.3 is 11.9 Å². The van der Waals surface area contributed by atoms with Crippen molar-refractivity contribution < 1.29 is 24.1 Å². The van der Waals surface area contributed by atoms with E-state index in [0.29, 0.717) is 19.8 Å². The molecule has 3 aliphatic rings. The smallest absolute Gasteiger partial charge is 0.328 e. The largest absolute Gasteiger partial charge is 0.480 e. The number of carboxylic acids is 1. The van der Waals surface area contributed by atoms with Crippen LogP contribution in [-0.4, -0.2) is 42.9 Å². The average molecular weight is 203 g/mol. The van der Waals surface area contributed by atoms with E-state index in [0.717, 1.165) is 0 Å². The Morgan fingerprint density at radius 1 is 1.36 bits per heavy atom. The zero-order chi connectivity index (χ0) is 10.4. The Morgan fingerprint density at radius 2 is 1.79 bits per heavy atom. The number of aliphatic carboxylic acids is 1. The second-order valence-electron chi connectivity index (χ2n) is 4.10. The van der Waals surface area contributed by atoms with Gasteiger partial charge in [0.05, 0.1) is 19.8 Å². The van der Waals surface area contributed by atoms with Gasteiger partial charge in [0.1, 0.15) is 0 Å². The van der Waals surface area contributed by atoms with Crippen LogP contribution in [0.2, 0.25) is 0 Å². The molecule has 6 nitrogen and oxygen atoms in total. The Hall–Kier alpha value is -0.690. The van der Waals surface area contributed by atoms with E-state index in [1.165, 1.54) is 0 Å². The highest BCUT2D eigenvalue weighted by molar-refractivity contribution is 5.74. The van der Waals surface area contributed by atoms with Gasteiger partial charge in [-0.1, -0.05) is 6.92 Å². The van der Waals surface area contributed by atoms with Gasteiger partial charge in [0.25, 0.3) is 0 Å². The van der Waals surface area contributed by atoms with Crippen molar-refractivity contribution in [3.05, 3.63) is 0 Å². The maximum absolute atomic E-state index is 10.7. The summed E-state index contributed by atoms with van der Waals surface area (Å²) in [6, 6.07) is -1.31. The topological polar surface area (TPSA) is 91.0 Å². The first-order valence-electron chi connectivity index (χ1n) is 4.38. The normalized spacial score (nSPS) is 43.6. The molecule has 0 saturated carbocycles. The van der Waals surface area contributed by atoms with Crippen LogP contribution < -0.4 is 5.73 Å². The molecule has 0 radical (unpaired) electrons. The molecule has 3 rings (SSSR count). The summed E-state index contributed by atoms with van der Waals surface area (Å²) in [5.41, 5.74) is 5.25. The SMILES string of the molecule is CC12COC(C(N)C(=O)O)(OC1)OC2. The molecule has 0 aromatic carbocycles. The number of rotatable bonds is 2. The number of hydrogen-bond acceptors (Lipinski definition) is 5. The van der Waals surface area contributed by atoms with E-state index in [-0.39, 0.29) is 5.41 Å². The molecule has 3 aliphatic heterocycles. The van der Waals surface area contributed by atoms with Gasteiger partial charge < -0.3 is 25.1 Å².